The maximum Gasteiger partial charge on any atom is 0.275 e. The van der Waals surface area contributed by atoms with Crippen molar-refractivity contribution in [2.45, 2.75) is 31.8 Å². The number of halogens is 1. The van der Waals surface area contributed by atoms with E-state index in [1.54, 1.807) is 0 Å². The van der Waals surface area contributed by atoms with Gasteiger partial charge in [0.05, 0.1) is 12.1 Å². The van der Waals surface area contributed by atoms with Gasteiger partial charge in [0, 0.05) is 16.3 Å². The number of thiophene rings is 1. The lowest BCUT2D eigenvalue weighted by molar-refractivity contribution is -0.935. The van der Waals surface area contributed by atoms with E-state index in [2.05, 4.69) is 9.97 Å². The number of H-pyrrole nitrogens is 1. The molecule has 1 fully saturated rings. The third-order valence-corrected chi connectivity index (χ3v) is 6.46. The molecule has 0 saturated carbocycles. The monoisotopic (exact) mass is 403 g/mol. The van der Waals surface area contributed by atoms with Crippen molar-refractivity contribution in [3.63, 3.8) is 0 Å². The number of carbonyl (C=O) groups excluding carboxylic acids is 1. The van der Waals surface area contributed by atoms with Crippen LogP contribution in [0, 0.1) is 0 Å². The van der Waals surface area contributed by atoms with Gasteiger partial charge in [0.2, 0.25) is 0 Å². The van der Waals surface area contributed by atoms with Gasteiger partial charge in [-0.05, 0) is 36.6 Å². The summed E-state index contributed by atoms with van der Waals surface area (Å²) in [6.07, 6.45) is 2.84. The molecule has 0 aliphatic carbocycles. The number of fused-ring (bicyclic) bond motifs is 1. The number of aromatic nitrogens is 2. The predicted octanol–water partition coefficient (Wildman–Crippen LogP) is 1.73. The van der Waals surface area contributed by atoms with E-state index in [0.717, 1.165) is 41.1 Å². The van der Waals surface area contributed by atoms with E-state index in [1.165, 1.54) is 11.3 Å². The Morgan fingerprint density at radius 3 is 2.85 bits per heavy atom. The van der Waals surface area contributed by atoms with Gasteiger partial charge in [0.1, 0.15) is 11.2 Å². The number of amides is 1. The van der Waals surface area contributed by atoms with E-state index in [4.69, 9.17) is 17.3 Å². The van der Waals surface area contributed by atoms with E-state index in [1.807, 2.05) is 30.3 Å². The number of nitrogens with one attached hydrogen (secondary N) is 2. The number of aromatic amines is 1. The quantitative estimate of drug-likeness (QED) is 0.619. The van der Waals surface area contributed by atoms with Gasteiger partial charge < -0.3 is 15.6 Å². The zero-order chi connectivity index (χ0) is 19.0. The first kappa shape index (κ1) is 18.2. The Kier molecular flexibility index (Phi) is 4.99. The summed E-state index contributed by atoms with van der Waals surface area (Å²) < 4.78 is 0.601. The molecule has 3 aromatic rings. The number of hydrogen-bond acceptors (Lipinski definition) is 4. The number of nitrogens with zero attached hydrogens (tertiary/aromatic N) is 1. The van der Waals surface area contributed by atoms with Crippen LogP contribution in [0.4, 0.5) is 0 Å². The van der Waals surface area contributed by atoms with E-state index in [9.17, 15) is 9.59 Å². The van der Waals surface area contributed by atoms with E-state index in [0.29, 0.717) is 27.6 Å². The second kappa shape index (κ2) is 7.42. The Morgan fingerprint density at radius 2 is 2.11 bits per heavy atom. The number of likely N-dealkylation sites (tertiary alicyclic amines) is 1. The van der Waals surface area contributed by atoms with Crippen LogP contribution in [-0.2, 0) is 11.3 Å². The first-order valence-corrected chi connectivity index (χ1v) is 10.1. The number of hydrogen-bond donors (Lipinski definition) is 3. The highest BCUT2D eigenvalue weighted by Crippen LogP contribution is 2.31. The first-order chi connectivity index (χ1) is 13.0. The maximum absolute atomic E-state index is 12.5. The summed E-state index contributed by atoms with van der Waals surface area (Å²) in [5.41, 5.74) is 7.08. The Balaban J connectivity index is 1.66. The highest BCUT2D eigenvalue weighted by Gasteiger charge is 2.31. The molecule has 2 atom stereocenters. The average Bonchev–Trinajstić information content (AvgIpc) is 3.07. The number of nitrogens with two attached hydrogens (primary N) is 1. The Morgan fingerprint density at radius 1 is 1.33 bits per heavy atom. The number of rotatable bonds is 4. The Hall–Kier alpha value is -2.22. The SMILES string of the molecule is NC(=O)[C@H]1CCCC[NH+]1Cc1nc2cc(-c3ccc(Cl)cc3)sc2c(=O)[nH]1. The normalized spacial score (nSPS) is 20.0. The summed E-state index contributed by atoms with van der Waals surface area (Å²) >= 11 is 7.36. The minimum absolute atomic E-state index is 0.146. The van der Waals surface area contributed by atoms with Crippen LogP contribution in [0.1, 0.15) is 25.1 Å². The number of carbonyl (C=O) groups is 1. The first-order valence-electron chi connectivity index (χ1n) is 8.94. The van der Waals surface area contributed by atoms with Gasteiger partial charge in [-0.25, -0.2) is 4.98 Å². The highest BCUT2D eigenvalue weighted by atomic mass is 35.5. The van der Waals surface area contributed by atoms with E-state index >= 15 is 0 Å². The Labute approximate surface area is 165 Å². The van der Waals surface area contributed by atoms with Crippen molar-refractivity contribution in [2.75, 3.05) is 6.54 Å². The molecular formula is C19H20ClN4O2S+. The van der Waals surface area contributed by atoms with Crippen LogP contribution in [0.3, 0.4) is 0 Å². The largest absolute Gasteiger partial charge is 0.365 e. The molecule has 3 heterocycles. The van der Waals surface area contributed by atoms with Gasteiger partial charge >= 0.3 is 0 Å². The molecule has 1 aliphatic rings. The summed E-state index contributed by atoms with van der Waals surface area (Å²) in [6, 6.07) is 9.22. The van der Waals surface area contributed by atoms with Gasteiger partial charge in [0.25, 0.3) is 11.5 Å². The van der Waals surface area contributed by atoms with Crippen LogP contribution in [0.2, 0.25) is 5.02 Å². The molecule has 4 N–H and O–H groups in total. The fourth-order valence-corrected chi connectivity index (χ4v) is 4.80. The molecule has 8 heteroatoms. The average molecular weight is 404 g/mol. The van der Waals surface area contributed by atoms with Crippen LogP contribution in [-0.4, -0.2) is 28.5 Å². The topological polar surface area (TPSA) is 93.3 Å². The van der Waals surface area contributed by atoms with Gasteiger partial charge in [-0.1, -0.05) is 23.7 Å². The summed E-state index contributed by atoms with van der Waals surface area (Å²) in [6.45, 7) is 1.35. The summed E-state index contributed by atoms with van der Waals surface area (Å²) in [5.74, 6) is 0.310. The van der Waals surface area contributed by atoms with Crippen molar-refractivity contribution in [3.05, 3.63) is 51.5 Å². The lowest BCUT2D eigenvalue weighted by atomic mass is 10.0. The molecule has 0 spiro atoms. The lowest BCUT2D eigenvalue weighted by Gasteiger charge is -2.29. The van der Waals surface area contributed by atoms with Crippen molar-refractivity contribution in [2.24, 2.45) is 5.73 Å². The summed E-state index contributed by atoms with van der Waals surface area (Å²) in [4.78, 5) is 33.8. The highest BCUT2D eigenvalue weighted by molar-refractivity contribution is 7.22. The third kappa shape index (κ3) is 3.76. The van der Waals surface area contributed by atoms with Gasteiger partial charge in [-0.15, -0.1) is 11.3 Å². The van der Waals surface area contributed by atoms with Gasteiger partial charge in [-0.2, -0.15) is 0 Å². The van der Waals surface area contributed by atoms with Crippen LogP contribution in [0.5, 0.6) is 0 Å². The standard InChI is InChI=1S/C19H19ClN4O2S/c20-12-6-4-11(5-7-12)15-9-13-17(27-15)19(26)23-16(22-13)10-24-8-2-1-3-14(24)18(21)25/h4-7,9,14H,1-3,8,10H2,(H2,21,25)(H,22,23,26)/p+1/t14-/m1/s1. The predicted molar refractivity (Wildman–Crippen MR) is 107 cm³/mol. The molecule has 140 valence electrons. The molecule has 27 heavy (non-hydrogen) atoms. The molecular weight excluding hydrogens is 384 g/mol. The zero-order valence-electron chi connectivity index (χ0n) is 14.6. The molecule has 1 amide bonds. The molecule has 2 aromatic heterocycles. The van der Waals surface area contributed by atoms with Crippen LogP contribution < -0.4 is 16.2 Å². The molecule has 1 saturated heterocycles. The summed E-state index contributed by atoms with van der Waals surface area (Å²) in [7, 11) is 0. The van der Waals surface area contributed by atoms with Crippen molar-refractivity contribution in [3.8, 4) is 10.4 Å². The number of quaternary nitrogens is 1. The molecule has 6 nitrogen and oxygen atoms in total. The van der Waals surface area contributed by atoms with Crippen molar-refractivity contribution < 1.29 is 9.69 Å². The molecule has 1 unspecified atom stereocenters. The maximum atomic E-state index is 12.5. The minimum atomic E-state index is -0.284. The van der Waals surface area contributed by atoms with E-state index < -0.39 is 0 Å². The molecule has 4 rings (SSSR count). The summed E-state index contributed by atoms with van der Waals surface area (Å²) in [5, 5.41) is 0.673. The molecule has 1 aromatic carbocycles. The van der Waals surface area contributed by atoms with E-state index in [-0.39, 0.29) is 17.5 Å². The van der Waals surface area contributed by atoms with Crippen molar-refractivity contribution in [1.82, 2.24) is 9.97 Å². The van der Waals surface area contributed by atoms with Crippen molar-refractivity contribution >= 4 is 39.1 Å². The van der Waals surface area contributed by atoms with Crippen LogP contribution in [0.25, 0.3) is 20.7 Å². The van der Waals surface area contributed by atoms with Gasteiger partial charge in [-0.3, -0.25) is 9.59 Å². The fraction of sp³-hybridized carbons (Fsp3) is 0.316. The minimum Gasteiger partial charge on any atom is -0.365 e. The number of benzene rings is 1. The fourth-order valence-electron chi connectivity index (χ4n) is 3.68. The Bertz CT molecular complexity index is 1040. The lowest BCUT2D eigenvalue weighted by Crippen LogP contribution is -3.16. The number of piperidine rings is 1. The van der Waals surface area contributed by atoms with Crippen molar-refractivity contribution in [1.29, 1.82) is 0 Å². The van der Waals surface area contributed by atoms with Crippen LogP contribution in [0.15, 0.2) is 35.1 Å². The number of primary amides is 1. The van der Waals surface area contributed by atoms with Gasteiger partial charge in [0.15, 0.2) is 11.9 Å². The molecule has 0 radical (unpaired) electrons. The molecule has 1 aliphatic heterocycles. The molecule has 0 bridgehead atoms. The second-order valence-corrected chi connectivity index (χ2v) is 8.37. The zero-order valence-corrected chi connectivity index (χ0v) is 16.2. The third-order valence-electron chi connectivity index (χ3n) is 5.03. The smallest absolute Gasteiger partial charge is 0.275 e. The second-order valence-electron chi connectivity index (χ2n) is 6.88. The van der Waals surface area contributed by atoms with Crippen LogP contribution >= 0.6 is 22.9 Å².